The summed E-state index contributed by atoms with van der Waals surface area (Å²) < 4.78 is 0. The molecule has 2 rings (SSSR count). The van der Waals surface area contributed by atoms with E-state index in [1.54, 1.807) is 0 Å². The number of halogens is 1. The summed E-state index contributed by atoms with van der Waals surface area (Å²) in [5.74, 6) is 1.02. The Bertz CT molecular complexity index is 302. The van der Waals surface area contributed by atoms with Crippen molar-refractivity contribution >= 4 is 17.4 Å². The maximum absolute atomic E-state index is 6.36. The van der Waals surface area contributed by atoms with Crippen LogP contribution in [0.5, 0.6) is 0 Å². The number of anilines is 1. The average molecular weight is 225 g/mol. The van der Waals surface area contributed by atoms with Gasteiger partial charge in [-0.15, -0.1) is 11.6 Å². The molecule has 2 nitrogen and oxygen atoms in total. The highest BCUT2D eigenvalue weighted by molar-refractivity contribution is 6.21. The molecular weight excluding hydrogens is 208 g/mol. The van der Waals surface area contributed by atoms with E-state index in [0.717, 1.165) is 12.2 Å². The Hall–Kier alpha value is -0.760. The fraction of sp³-hybridized carbons (Fsp3) is 0.583. The van der Waals surface area contributed by atoms with Crippen LogP contribution in [0, 0.1) is 0 Å². The number of nitrogens with zero attached hydrogens (tertiary/aromatic N) is 2. The van der Waals surface area contributed by atoms with Gasteiger partial charge in [-0.05, 0) is 25.0 Å². The van der Waals surface area contributed by atoms with E-state index < -0.39 is 0 Å². The van der Waals surface area contributed by atoms with Crippen LogP contribution in [-0.2, 0) is 0 Å². The fourth-order valence-electron chi connectivity index (χ4n) is 2.23. The molecule has 82 valence electrons. The van der Waals surface area contributed by atoms with Crippen LogP contribution >= 0.6 is 11.6 Å². The van der Waals surface area contributed by atoms with Gasteiger partial charge in [0.2, 0.25) is 0 Å². The molecular formula is C12H17ClN2. The lowest BCUT2D eigenvalue weighted by molar-refractivity contribution is 0.432. The van der Waals surface area contributed by atoms with E-state index in [9.17, 15) is 0 Å². The van der Waals surface area contributed by atoms with Crippen LogP contribution in [0.3, 0.4) is 0 Å². The van der Waals surface area contributed by atoms with Crippen molar-refractivity contribution in [3.8, 4) is 0 Å². The molecule has 1 heterocycles. The Balaban J connectivity index is 2.09. The van der Waals surface area contributed by atoms with E-state index in [1.165, 1.54) is 19.3 Å². The van der Waals surface area contributed by atoms with Crippen molar-refractivity contribution in [3.05, 3.63) is 24.4 Å². The largest absolute Gasteiger partial charge is 0.355 e. The van der Waals surface area contributed by atoms with Crippen LogP contribution in [0.25, 0.3) is 0 Å². The van der Waals surface area contributed by atoms with E-state index in [2.05, 4.69) is 16.9 Å². The van der Waals surface area contributed by atoms with Gasteiger partial charge in [-0.1, -0.05) is 18.9 Å². The first-order chi connectivity index (χ1) is 7.29. The number of rotatable bonds is 2. The topological polar surface area (TPSA) is 16.1 Å². The van der Waals surface area contributed by atoms with Crippen LogP contribution in [0.2, 0.25) is 0 Å². The predicted octanol–water partition coefficient (Wildman–Crippen LogP) is 3.07. The number of pyridine rings is 1. The minimum atomic E-state index is 0.269. The SMILES string of the molecule is CN(c1ccccn1)C1CCCCC1Cl. The van der Waals surface area contributed by atoms with Crippen molar-refractivity contribution in [3.63, 3.8) is 0 Å². The van der Waals surface area contributed by atoms with Gasteiger partial charge in [0.05, 0.1) is 5.38 Å². The third-order valence-corrected chi connectivity index (χ3v) is 3.66. The van der Waals surface area contributed by atoms with Crippen LogP contribution in [0.4, 0.5) is 5.82 Å². The molecule has 1 aromatic rings. The number of aromatic nitrogens is 1. The first-order valence-electron chi connectivity index (χ1n) is 5.57. The van der Waals surface area contributed by atoms with Gasteiger partial charge in [0, 0.05) is 19.3 Å². The van der Waals surface area contributed by atoms with Gasteiger partial charge in [-0.3, -0.25) is 0 Å². The average Bonchev–Trinajstić information content (AvgIpc) is 2.30. The third kappa shape index (κ3) is 2.43. The Morgan fingerprint density at radius 2 is 2.13 bits per heavy atom. The molecule has 1 aliphatic rings. The second-order valence-corrected chi connectivity index (χ2v) is 4.73. The molecule has 1 fully saturated rings. The molecule has 3 heteroatoms. The Kier molecular flexibility index (Phi) is 3.47. The Morgan fingerprint density at radius 3 is 2.80 bits per heavy atom. The van der Waals surface area contributed by atoms with Crippen molar-refractivity contribution in [2.24, 2.45) is 0 Å². The lowest BCUT2D eigenvalue weighted by atomic mass is 9.94. The minimum absolute atomic E-state index is 0.269. The molecule has 0 aliphatic heterocycles. The molecule has 0 N–H and O–H groups in total. The van der Waals surface area contributed by atoms with Crippen molar-refractivity contribution in [2.75, 3.05) is 11.9 Å². The lowest BCUT2D eigenvalue weighted by Crippen LogP contribution is -2.41. The zero-order valence-electron chi connectivity index (χ0n) is 9.06. The molecule has 15 heavy (non-hydrogen) atoms. The van der Waals surface area contributed by atoms with Crippen molar-refractivity contribution < 1.29 is 0 Å². The first-order valence-corrected chi connectivity index (χ1v) is 6.00. The van der Waals surface area contributed by atoms with E-state index in [4.69, 9.17) is 11.6 Å². The van der Waals surface area contributed by atoms with Crippen molar-refractivity contribution in [1.82, 2.24) is 4.98 Å². The standard InChI is InChI=1S/C12H17ClN2/c1-15(12-8-4-5-9-14-12)11-7-3-2-6-10(11)13/h4-5,8-11H,2-3,6-7H2,1H3. The summed E-state index contributed by atoms with van der Waals surface area (Å²) in [6.07, 6.45) is 6.69. The van der Waals surface area contributed by atoms with Gasteiger partial charge in [0.15, 0.2) is 0 Å². The normalized spacial score (nSPS) is 26.3. The quantitative estimate of drug-likeness (QED) is 0.718. The van der Waals surface area contributed by atoms with Gasteiger partial charge >= 0.3 is 0 Å². The Morgan fingerprint density at radius 1 is 1.33 bits per heavy atom. The minimum Gasteiger partial charge on any atom is -0.355 e. The highest BCUT2D eigenvalue weighted by atomic mass is 35.5. The molecule has 0 amide bonds. The second-order valence-electron chi connectivity index (χ2n) is 4.17. The Labute approximate surface area is 96.3 Å². The maximum atomic E-state index is 6.36. The summed E-state index contributed by atoms with van der Waals surface area (Å²) in [5.41, 5.74) is 0. The fourth-order valence-corrected chi connectivity index (χ4v) is 2.68. The zero-order chi connectivity index (χ0) is 10.7. The summed E-state index contributed by atoms with van der Waals surface area (Å²) in [6, 6.07) is 6.44. The van der Waals surface area contributed by atoms with Crippen LogP contribution in [0.1, 0.15) is 25.7 Å². The number of hydrogen-bond acceptors (Lipinski definition) is 2. The van der Waals surface area contributed by atoms with E-state index >= 15 is 0 Å². The monoisotopic (exact) mass is 224 g/mol. The molecule has 0 bridgehead atoms. The van der Waals surface area contributed by atoms with Crippen molar-refractivity contribution in [1.29, 1.82) is 0 Å². The predicted molar refractivity (Wildman–Crippen MR) is 64.5 cm³/mol. The van der Waals surface area contributed by atoms with E-state index in [0.29, 0.717) is 6.04 Å². The number of hydrogen-bond donors (Lipinski definition) is 0. The van der Waals surface area contributed by atoms with Crippen molar-refractivity contribution in [2.45, 2.75) is 37.1 Å². The molecule has 1 aromatic heterocycles. The zero-order valence-corrected chi connectivity index (χ0v) is 9.82. The summed E-state index contributed by atoms with van der Waals surface area (Å²) in [5, 5.41) is 0.269. The van der Waals surface area contributed by atoms with E-state index in [-0.39, 0.29) is 5.38 Å². The highest BCUT2D eigenvalue weighted by Crippen LogP contribution is 2.28. The van der Waals surface area contributed by atoms with E-state index in [1.807, 2.05) is 24.4 Å². The van der Waals surface area contributed by atoms with Gasteiger partial charge in [0.1, 0.15) is 5.82 Å². The first kappa shape index (κ1) is 10.7. The third-order valence-electron chi connectivity index (χ3n) is 3.16. The molecule has 2 atom stereocenters. The number of alkyl halides is 1. The summed E-state index contributed by atoms with van der Waals surface area (Å²) >= 11 is 6.36. The smallest absolute Gasteiger partial charge is 0.128 e. The van der Waals surface area contributed by atoms with Crippen LogP contribution in [0.15, 0.2) is 24.4 Å². The molecule has 0 spiro atoms. The maximum Gasteiger partial charge on any atom is 0.128 e. The second kappa shape index (κ2) is 4.84. The summed E-state index contributed by atoms with van der Waals surface area (Å²) in [6.45, 7) is 0. The lowest BCUT2D eigenvalue weighted by Gasteiger charge is -2.35. The van der Waals surface area contributed by atoms with Crippen LogP contribution < -0.4 is 4.90 Å². The van der Waals surface area contributed by atoms with Gasteiger partial charge in [0.25, 0.3) is 0 Å². The molecule has 0 aromatic carbocycles. The molecule has 2 unspecified atom stereocenters. The van der Waals surface area contributed by atoms with Crippen LogP contribution in [-0.4, -0.2) is 23.5 Å². The molecule has 0 saturated heterocycles. The molecule has 1 aliphatic carbocycles. The summed E-state index contributed by atoms with van der Waals surface area (Å²) in [7, 11) is 2.09. The van der Waals surface area contributed by atoms with Gasteiger partial charge < -0.3 is 4.90 Å². The molecule has 1 saturated carbocycles. The van der Waals surface area contributed by atoms with Gasteiger partial charge in [-0.2, -0.15) is 0 Å². The highest BCUT2D eigenvalue weighted by Gasteiger charge is 2.27. The molecule has 0 radical (unpaired) electrons. The van der Waals surface area contributed by atoms with Gasteiger partial charge in [-0.25, -0.2) is 4.98 Å². The summed E-state index contributed by atoms with van der Waals surface area (Å²) in [4.78, 5) is 6.57.